The average molecular weight is 313 g/mol. The molecule has 0 aromatic carbocycles. The van der Waals surface area contributed by atoms with Crippen LogP contribution in [0.4, 0.5) is 0 Å². The summed E-state index contributed by atoms with van der Waals surface area (Å²) in [6.45, 7) is 9.91. The molecule has 5 nitrogen and oxygen atoms in total. The predicted molar refractivity (Wildman–Crippen MR) is 79.7 cm³/mol. The molecule has 0 N–H and O–H groups in total. The normalized spacial score (nSPS) is 12.2. The number of carbonyl (C=O) groups is 1. The van der Waals surface area contributed by atoms with Gasteiger partial charge in [-0.25, -0.2) is 0 Å². The highest BCUT2D eigenvalue weighted by Crippen LogP contribution is 2.30. The topological polar surface area (TPSA) is 60.7 Å². The molecule has 0 saturated carbocycles. The van der Waals surface area contributed by atoms with Gasteiger partial charge in [-0.15, -0.1) is 5.10 Å². The van der Waals surface area contributed by atoms with Gasteiger partial charge in [0.15, 0.2) is 0 Å². The van der Waals surface area contributed by atoms with Crippen LogP contribution in [0.1, 0.15) is 61.7 Å². The van der Waals surface area contributed by atoms with Crippen molar-refractivity contribution in [2.75, 3.05) is 0 Å². The molecule has 2 aromatic rings. The first kappa shape index (κ1) is 15.1. The third-order valence-corrected chi connectivity index (χ3v) is 3.86. The molecule has 0 atom stereocenters. The molecular formula is C13H17ClN4OS. The molecule has 0 bridgehead atoms. The first-order valence-corrected chi connectivity index (χ1v) is 7.49. The van der Waals surface area contributed by atoms with Crippen molar-refractivity contribution in [1.82, 2.24) is 19.4 Å². The lowest BCUT2D eigenvalue weighted by atomic mass is 9.90. The van der Waals surface area contributed by atoms with Crippen molar-refractivity contribution in [1.29, 1.82) is 0 Å². The van der Waals surface area contributed by atoms with Crippen LogP contribution in [0.5, 0.6) is 0 Å². The Kier molecular flexibility index (Phi) is 3.97. The van der Waals surface area contributed by atoms with E-state index in [1.54, 1.807) is 4.68 Å². The first-order valence-electron chi connectivity index (χ1n) is 6.34. The second kappa shape index (κ2) is 5.26. The van der Waals surface area contributed by atoms with Crippen LogP contribution in [0.2, 0.25) is 5.02 Å². The number of hydrogen-bond donors (Lipinski definition) is 0. The number of halogens is 1. The van der Waals surface area contributed by atoms with Crippen molar-refractivity contribution in [3.8, 4) is 0 Å². The van der Waals surface area contributed by atoms with Gasteiger partial charge >= 0.3 is 0 Å². The smallest absolute Gasteiger partial charge is 0.226 e. The molecule has 0 radical (unpaired) electrons. The standard InChI is InChI=1S/C13H17ClN4OS/c1-7(2)18-9(8(14)6-15-18)10(19)11-12(13(3,4)5)16-17-20-11/h6-7H,1-5H3. The van der Waals surface area contributed by atoms with Crippen molar-refractivity contribution < 1.29 is 4.79 Å². The average Bonchev–Trinajstić information content (AvgIpc) is 2.92. The van der Waals surface area contributed by atoms with Crippen molar-refractivity contribution in [3.63, 3.8) is 0 Å². The van der Waals surface area contributed by atoms with Crippen LogP contribution in [0, 0.1) is 0 Å². The van der Waals surface area contributed by atoms with E-state index in [1.165, 1.54) is 6.20 Å². The third kappa shape index (κ3) is 2.62. The van der Waals surface area contributed by atoms with Gasteiger partial charge in [0.05, 0.1) is 16.9 Å². The number of aromatic nitrogens is 4. The fraction of sp³-hybridized carbons (Fsp3) is 0.538. The summed E-state index contributed by atoms with van der Waals surface area (Å²) in [5.74, 6) is -0.166. The van der Waals surface area contributed by atoms with E-state index in [2.05, 4.69) is 14.7 Å². The molecule has 0 aliphatic rings. The van der Waals surface area contributed by atoms with Gasteiger partial charge in [-0.05, 0) is 25.4 Å². The molecule has 2 heterocycles. The maximum atomic E-state index is 12.8. The fourth-order valence-electron chi connectivity index (χ4n) is 1.88. The highest BCUT2D eigenvalue weighted by atomic mass is 35.5. The summed E-state index contributed by atoms with van der Waals surface area (Å²) in [6.07, 6.45) is 1.50. The second-order valence-electron chi connectivity index (χ2n) is 5.91. The van der Waals surface area contributed by atoms with Crippen molar-refractivity contribution >= 4 is 28.9 Å². The van der Waals surface area contributed by atoms with Crippen molar-refractivity contribution in [2.45, 2.75) is 46.1 Å². The van der Waals surface area contributed by atoms with Crippen molar-refractivity contribution in [3.05, 3.63) is 27.5 Å². The van der Waals surface area contributed by atoms with Gasteiger partial charge in [-0.1, -0.05) is 36.9 Å². The Morgan fingerprint density at radius 1 is 1.40 bits per heavy atom. The van der Waals surface area contributed by atoms with E-state index in [0.717, 1.165) is 11.5 Å². The Labute approximate surface area is 127 Å². The molecule has 2 rings (SSSR count). The number of ketones is 1. The predicted octanol–water partition coefficient (Wildman–Crippen LogP) is 3.50. The summed E-state index contributed by atoms with van der Waals surface area (Å²) < 4.78 is 5.56. The molecule has 0 unspecified atom stereocenters. The third-order valence-electron chi connectivity index (χ3n) is 2.86. The van der Waals surface area contributed by atoms with Crippen LogP contribution >= 0.6 is 23.1 Å². The van der Waals surface area contributed by atoms with Gasteiger partial charge in [0.1, 0.15) is 10.6 Å². The molecule has 108 valence electrons. The highest BCUT2D eigenvalue weighted by molar-refractivity contribution is 7.08. The maximum absolute atomic E-state index is 12.8. The molecule has 0 aliphatic heterocycles. The Morgan fingerprint density at radius 2 is 2.05 bits per heavy atom. The Morgan fingerprint density at radius 3 is 2.60 bits per heavy atom. The van der Waals surface area contributed by atoms with Crippen LogP contribution in [-0.4, -0.2) is 25.2 Å². The summed E-state index contributed by atoms with van der Waals surface area (Å²) in [6, 6.07) is 0.0559. The summed E-state index contributed by atoms with van der Waals surface area (Å²) in [7, 11) is 0. The SMILES string of the molecule is CC(C)n1ncc(Cl)c1C(=O)c1snnc1C(C)(C)C. The Bertz CT molecular complexity index is 639. The summed E-state index contributed by atoms with van der Waals surface area (Å²) in [5, 5.41) is 8.62. The lowest BCUT2D eigenvalue weighted by molar-refractivity contribution is 0.102. The molecule has 2 aromatic heterocycles. The van der Waals surface area contributed by atoms with Crippen LogP contribution in [0.15, 0.2) is 6.20 Å². The van der Waals surface area contributed by atoms with E-state index in [-0.39, 0.29) is 17.2 Å². The fourth-order valence-corrected chi connectivity index (χ4v) is 2.92. The molecule has 0 aliphatic carbocycles. The van der Waals surface area contributed by atoms with Crippen LogP contribution < -0.4 is 0 Å². The van der Waals surface area contributed by atoms with Gasteiger partial charge < -0.3 is 0 Å². The number of hydrogen-bond acceptors (Lipinski definition) is 5. The van der Waals surface area contributed by atoms with Crippen LogP contribution in [0.3, 0.4) is 0 Å². The van der Waals surface area contributed by atoms with Gasteiger partial charge in [0.2, 0.25) is 5.78 Å². The van der Waals surface area contributed by atoms with Gasteiger partial charge in [-0.2, -0.15) is 5.10 Å². The Hall–Kier alpha value is -1.27. The lowest BCUT2D eigenvalue weighted by Gasteiger charge is -2.16. The van der Waals surface area contributed by atoms with Crippen LogP contribution in [-0.2, 0) is 5.41 Å². The van der Waals surface area contributed by atoms with E-state index >= 15 is 0 Å². The zero-order valence-electron chi connectivity index (χ0n) is 12.1. The van der Waals surface area contributed by atoms with Gasteiger partial charge in [-0.3, -0.25) is 9.48 Å². The molecule has 0 fully saturated rings. The number of nitrogens with zero attached hydrogens (tertiary/aromatic N) is 4. The molecule has 0 amide bonds. The van der Waals surface area contributed by atoms with E-state index in [1.807, 2.05) is 34.6 Å². The lowest BCUT2D eigenvalue weighted by Crippen LogP contribution is -2.19. The zero-order valence-corrected chi connectivity index (χ0v) is 13.7. The minimum Gasteiger partial charge on any atom is -0.286 e. The highest BCUT2D eigenvalue weighted by Gasteiger charge is 2.30. The monoisotopic (exact) mass is 312 g/mol. The summed E-state index contributed by atoms with van der Waals surface area (Å²) >= 11 is 7.23. The van der Waals surface area contributed by atoms with Gasteiger partial charge in [0, 0.05) is 11.5 Å². The summed E-state index contributed by atoms with van der Waals surface area (Å²) in [5.41, 5.74) is 0.853. The van der Waals surface area contributed by atoms with Crippen molar-refractivity contribution in [2.24, 2.45) is 0 Å². The second-order valence-corrected chi connectivity index (χ2v) is 7.07. The zero-order chi connectivity index (χ0) is 15.1. The van der Waals surface area contributed by atoms with E-state index < -0.39 is 0 Å². The molecular weight excluding hydrogens is 296 g/mol. The molecule has 20 heavy (non-hydrogen) atoms. The first-order chi connectivity index (χ1) is 9.23. The quantitative estimate of drug-likeness (QED) is 0.814. The molecule has 0 saturated heterocycles. The summed E-state index contributed by atoms with van der Waals surface area (Å²) in [4.78, 5) is 13.3. The minimum absolute atomic E-state index is 0.0559. The molecule has 0 spiro atoms. The largest absolute Gasteiger partial charge is 0.286 e. The number of carbonyl (C=O) groups excluding carboxylic acids is 1. The van der Waals surface area contributed by atoms with E-state index in [4.69, 9.17) is 11.6 Å². The minimum atomic E-state index is -0.243. The van der Waals surface area contributed by atoms with E-state index in [9.17, 15) is 4.79 Å². The van der Waals surface area contributed by atoms with E-state index in [0.29, 0.717) is 21.3 Å². The van der Waals surface area contributed by atoms with Gasteiger partial charge in [0.25, 0.3) is 0 Å². The maximum Gasteiger partial charge on any atom is 0.226 e. The Balaban J connectivity index is 2.54. The molecule has 7 heteroatoms. The van der Waals surface area contributed by atoms with Crippen LogP contribution in [0.25, 0.3) is 0 Å². The number of rotatable bonds is 3.